The van der Waals surface area contributed by atoms with Crippen molar-refractivity contribution in [3.8, 4) is 0 Å². The normalized spacial score (nSPS) is 24.3. The maximum absolute atomic E-state index is 13.9. The molecule has 0 radical (unpaired) electrons. The second-order valence-electron chi connectivity index (χ2n) is 11.5. The van der Waals surface area contributed by atoms with Crippen LogP contribution in [0.2, 0.25) is 0 Å². The summed E-state index contributed by atoms with van der Waals surface area (Å²) in [4.78, 5) is 81.4. The number of rotatable bonds is 12. The Morgan fingerprint density at radius 1 is 0.905 bits per heavy atom. The number of piperidine rings is 1. The third-order valence-electron chi connectivity index (χ3n) is 8.43. The predicted molar refractivity (Wildman–Crippen MR) is 158 cm³/mol. The van der Waals surface area contributed by atoms with Gasteiger partial charge in [0.1, 0.15) is 23.9 Å². The molecule has 2 aliphatic rings. The van der Waals surface area contributed by atoms with Gasteiger partial charge in [-0.2, -0.15) is 0 Å². The van der Waals surface area contributed by atoms with Crippen LogP contribution in [0.25, 0.3) is 0 Å². The van der Waals surface area contributed by atoms with Crippen LogP contribution < -0.4 is 16.0 Å². The van der Waals surface area contributed by atoms with Crippen LogP contribution in [0.4, 0.5) is 0 Å². The van der Waals surface area contributed by atoms with E-state index in [9.17, 15) is 28.8 Å². The molecule has 0 spiro atoms. The Balaban J connectivity index is 1.91. The first-order chi connectivity index (χ1) is 20.2. The lowest BCUT2D eigenvalue weighted by Crippen LogP contribution is -2.65. The van der Waals surface area contributed by atoms with Gasteiger partial charge in [0.25, 0.3) is 5.91 Å². The molecule has 2 fully saturated rings. The van der Waals surface area contributed by atoms with Gasteiger partial charge in [0.05, 0.1) is 0 Å². The molecule has 2 heterocycles. The van der Waals surface area contributed by atoms with Gasteiger partial charge in [-0.3, -0.25) is 28.8 Å². The van der Waals surface area contributed by atoms with Crippen molar-refractivity contribution in [2.45, 2.75) is 116 Å². The van der Waals surface area contributed by atoms with E-state index in [0.29, 0.717) is 57.1 Å². The van der Waals surface area contributed by atoms with Crippen LogP contribution in [0.5, 0.6) is 0 Å². The summed E-state index contributed by atoms with van der Waals surface area (Å²) in [7, 11) is 0. The quantitative estimate of drug-likeness (QED) is 0.256. The van der Waals surface area contributed by atoms with E-state index in [-0.39, 0.29) is 30.4 Å². The van der Waals surface area contributed by atoms with Crippen molar-refractivity contribution in [1.82, 2.24) is 20.9 Å². The van der Waals surface area contributed by atoms with Gasteiger partial charge < -0.3 is 20.9 Å². The lowest BCUT2D eigenvalue weighted by atomic mass is 9.93. The molecule has 0 unspecified atom stereocenters. The van der Waals surface area contributed by atoms with Crippen LogP contribution in [0.15, 0.2) is 30.3 Å². The van der Waals surface area contributed by atoms with Gasteiger partial charge in [0, 0.05) is 25.8 Å². The number of fused-ring (bicyclic) bond motifs is 1. The summed E-state index contributed by atoms with van der Waals surface area (Å²) in [5, 5.41) is 8.24. The molecule has 2 aliphatic heterocycles. The molecule has 3 N–H and O–H groups in total. The monoisotopic (exact) mass is 582 g/mol. The Bertz CT molecular complexity index is 1120. The first-order valence-corrected chi connectivity index (χ1v) is 15.5. The molecule has 1 aromatic carbocycles. The van der Waals surface area contributed by atoms with Crippen molar-refractivity contribution in [2.24, 2.45) is 5.92 Å². The standard InChI is InChI=1S/C32H46N4O6/c1-4-21(3)27-32(42)36-19-13-12-18-25(36)30(40)33-24(17-11-7-10-16-23(37)5-2)29(39)35-28(31(41)34-27)26(38)20-22-14-8-6-9-15-22/h6,8-9,14-15,21,24-25,27-28H,4-5,7,10-13,16-20H2,1-3H3,(H,33,40)(H,34,41)(H,35,39)/t21-,24-,25+,27-,28+/m0/s1. The van der Waals surface area contributed by atoms with Crippen molar-refractivity contribution in [2.75, 3.05) is 6.54 Å². The third kappa shape index (κ3) is 8.97. The maximum atomic E-state index is 13.9. The van der Waals surface area contributed by atoms with Gasteiger partial charge in [-0.15, -0.1) is 0 Å². The first-order valence-electron chi connectivity index (χ1n) is 15.5. The highest BCUT2D eigenvalue weighted by Gasteiger charge is 2.41. The molecule has 5 atom stereocenters. The highest BCUT2D eigenvalue weighted by Crippen LogP contribution is 2.22. The smallest absolute Gasteiger partial charge is 0.251 e. The molecule has 4 amide bonds. The lowest BCUT2D eigenvalue weighted by Gasteiger charge is -2.39. The highest BCUT2D eigenvalue weighted by atomic mass is 16.2. The van der Waals surface area contributed by atoms with Crippen LogP contribution in [0.3, 0.4) is 0 Å². The van der Waals surface area contributed by atoms with E-state index in [1.165, 1.54) is 4.90 Å². The van der Waals surface area contributed by atoms with Gasteiger partial charge in [-0.05, 0) is 43.6 Å². The molecule has 10 nitrogen and oxygen atoms in total. The van der Waals surface area contributed by atoms with Crippen LogP contribution in [0, 0.1) is 5.92 Å². The van der Waals surface area contributed by atoms with E-state index in [4.69, 9.17) is 0 Å². The number of unbranched alkanes of at least 4 members (excludes halogenated alkanes) is 2. The first kappa shape index (κ1) is 32.9. The van der Waals surface area contributed by atoms with Crippen molar-refractivity contribution in [3.63, 3.8) is 0 Å². The molecular weight excluding hydrogens is 536 g/mol. The van der Waals surface area contributed by atoms with Crippen LogP contribution in [0.1, 0.15) is 90.5 Å². The van der Waals surface area contributed by atoms with E-state index >= 15 is 0 Å². The molecule has 1 aromatic rings. The van der Waals surface area contributed by atoms with Gasteiger partial charge in [-0.1, -0.05) is 70.4 Å². The molecule has 2 saturated heterocycles. The van der Waals surface area contributed by atoms with Gasteiger partial charge in [-0.25, -0.2) is 0 Å². The minimum absolute atomic E-state index is 0.0855. The fourth-order valence-electron chi connectivity index (χ4n) is 5.56. The minimum Gasteiger partial charge on any atom is -0.343 e. The number of carbonyl (C=O) groups excluding carboxylic acids is 6. The predicted octanol–water partition coefficient (Wildman–Crippen LogP) is 2.62. The number of nitrogens with zero attached hydrogens (tertiary/aromatic N) is 1. The van der Waals surface area contributed by atoms with E-state index in [1.54, 1.807) is 24.3 Å². The largest absolute Gasteiger partial charge is 0.343 e. The summed E-state index contributed by atoms with van der Waals surface area (Å²) in [5.74, 6) is -2.72. The average molecular weight is 583 g/mol. The summed E-state index contributed by atoms with van der Waals surface area (Å²) in [6, 6.07) is 4.70. The van der Waals surface area contributed by atoms with Gasteiger partial charge in [0.2, 0.25) is 17.7 Å². The van der Waals surface area contributed by atoms with E-state index in [0.717, 1.165) is 12.8 Å². The molecule has 0 bridgehead atoms. The Kier molecular flexibility index (Phi) is 12.7. The van der Waals surface area contributed by atoms with Crippen molar-refractivity contribution in [3.05, 3.63) is 35.9 Å². The fraction of sp³-hybridized carbons (Fsp3) is 0.625. The molecule has 0 aliphatic carbocycles. The Labute approximate surface area is 248 Å². The van der Waals surface area contributed by atoms with E-state index in [1.807, 2.05) is 26.8 Å². The number of carbonyl (C=O) groups is 6. The zero-order chi connectivity index (χ0) is 30.6. The Morgan fingerprint density at radius 3 is 2.33 bits per heavy atom. The number of hydrogen-bond donors (Lipinski definition) is 3. The number of hydrogen-bond acceptors (Lipinski definition) is 6. The summed E-state index contributed by atoms with van der Waals surface area (Å²) in [6.07, 6.45) is 5.61. The number of benzene rings is 1. The number of Topliss-reactive ketones (excluding diaryl/α,β-unsaturated/α-hetero) is 2. The van der Waals surface area contributed by atoms with Crippen molar-refractivity contribution < 1.29 is 28.8 Å². The SMILES string of the molecule is CCC(=O)CCCCC[C@@H]1NC(=O)[C@H]2CCCCN2C(=O)[C@H]([C@@H](C)CC)NC(=O)[C@@H](C(=O)Cc2ccccc2)NC1=O. The van der Waals surface area contributed by atoms with Gasteiger partial charge >= 0.3 is 0 Å². The molecule has 42 heavy (non-hydrogen) atoms. The molecular formula is C32H46N4O6. The zero-order valence-corrected chi connectivity index (χ0v) is 25.2. The molecule has 0 aromatic heterocycles. The number of ketones is 2. The molecule has 0 saturated carbocycles. The fourth-order valence-corrected chi connectivity index (χ4v) is 5.56. The van der Waals surface area contributed by atoms with Crippen LogP contribution in [-0.2, 0) is 35.2 Å². The second-order valence-corrected chi connectivity index (χ2v) is 11.5. The molecule has 3 rings (SSSR count). The Morgan fingerprint density at radius 2 is 1.64 bits per heavy atom. The number of nitrogens with one attached hydrogen (secondary N) is 3. The topological polar surface area (TPSA) is 142 Å². The Hall–Kier alpha value is -3.56. The van der Waals surface area contributed by atoms with E-state index < -0.39 is 47.7 Å². The summed E-state index contributed by atoms with van der Waals surface area (Å²) >= 11 is 0. The summed E-state index contributed by atoms with van der Waals surface area (Å²) in [5.41, 5.74) is 0.688. The van der Waals surface area contributed by atoms with Crippen LogP contribution >= 0.6 is 0 Å². The minimum atomic E-state index is -1.53. The van der Waals surface area contributed by atoms with E-state index in [2.05, 4.69) is 16.0 Å². The maximum Gasteiger partial charge on any atom is 0.251 e. The summed E-state index contributed by atoms with van der Waals surface area (Å²) in [6.45, 7) is 5.95. The number of amides is 4. The third-order valence-corrected chi connectivity index (χ3v) is 8.43. The van der Waals surface area contributed by atoms with Crippen LogP contribution in [-0.4, -0.2) is 70.8 Å². The molecule has 10 heteroatoms. The van der Waals surface area contributed by atoms with Gasteiger partial charge in [0.15, 0.2) is 11.8 Å². The van der Waals surface area contributed by atoms with Crippen molar-refractivity contribution >= 4 is 35.2 Å². The highest BCUT2D eigenvalue weighted by molar-refractivity contribution is 6.10. The zero-order valence-electron chi connectivity index (χ0n) is 25.2. The van der Waals surface area contributed by atoms with Crippen molar-refractivity contribution in [1.29, 1.82) is 0 Å². The molecule has 230 valence electrons. The second kappa shape index (κ2) is 16.2. The summed E-state index contributed by atoms with van der Waals surface area (Å²) < 4.78 is 0. The lowest BCUT2D eigenvalue weighted by molar-refractivity contribution is -0.148. The average Bonchev–Trinajstić information content (AvgIpc) is 3.00.